The van der Waals surface area contributed by atoms with Crippen LogP contribution in [0.5, 0.6) is 5.75 Å². The molecule has 24 heavy (non-hydrogen) atoms. The Morgan fingerprint density at radius 3 is 2.71 bits per heavy atom. The van der Waals surface area contributed by atoms with Gasteiger partial charge in [0.2, 0.25) is 0 Å². The van der Waals surface area contributed by atoms with Crippen molar-refractivity contribution < 1.29 is 18.7 Å². The van der Waals surface area contributed by atoms with Gasteiger partial charge in [-0.15, -0.1) is 0 Å². The van der Waals surface area contributed by atoms with Crippen LogP contribution in [0.1, 0.15) is 16.1 Å². The van der Waals surface area contributed by atoms with Gasteiger partial charge in [-0.25, -0.2) is 14.3 Å². The first-order valence-corrected chi connectivity index (χ1v) is 7.07. The van der Waals surface area contributed by atoms with Gasteiger partial charge in [-0.3, -0.25) is 4.79 Å². The van der Waals surface area contributed by atoms with Gasteiger partial charge < -0.3 is 9.47 Å². The van der Waals surface area contributed by atoms with E-state index < -0.39 is 17.3 Å². The van der Waals surface area contributed by atoms with Crippen molar-refractivity contribution in [2.24, 2.45) is 0 Å². The molecular weight excluding hydrogens is 315 g/mol. The Morgan fingerprint density at radius 2 is 1.96 bits per heavy atom. The number of nitrogens with zero attached hydrogens (tertiary/aromatic N) is 1. The van der Waals surface area contributed by atoms with Crippen LogP contribution in [-0.2, 0) is 11.3 Å². The molecule has 0 unspecified atom stereocenters. The van der Waals surface area contributed by atoms with Gasteiger partial charge in [0, 0.05) is 10.9 Å². The number of methoxy groups -OCH3 is 1. The average Bonchev–Trinajstić information content (AvgIpc) is 2.60. The van der Waals surface area contributed by atoms with Crippen LogP contribution in [0.15, 0.2) is 47.3 Å². The molecule has 3 rings (SSSR count). The van der Waals surface area contributed by atoms with E-state index in [1.54, 1.807) is 24.3 Å². The molecule has 0 radical (unpaired) electrons. The van der Waals surface area contributed by atoms with Gasteiger partial charge in [0.05, 0.1) is 12.5 Å². The van der Waals surface area contributed by atoms with Crippen molar-refractivity contribution in [1.29, 1.82) is 0 Å². The monoisotopic (exact) mass is 328 g/mol. The number of carbonyl (C=O) groups is 1. The van der Waals surface area contributed by atoms with Gasteiger partial charge in [0.15, 0.2) is 5.69 Å². The molecule has 6 nitrogen and oxygen atoms in total. The third-order valence-electron chi connectivity index (χ3n) is 3.49. The molecule has 122 valence electrons. The van der Waals surface area contributed by atoms with E-state index in [2.05, 4.69) is 10.2 Å². The summed E-state index contributed by atoms with van der Waals surface area (Å²) in [6, 6.07) is 10.5. The number of ether oxygens (including phenoxy) is 2. The predicted octanol–water partition coefficient (Wildman–Crippen LogP) is 2.43. The third-order valence-corrected chi connectivity index (χ3v) is 3.49. The van der Waals surface area contributed by atoms with Crippen LogP contribution in [0.2, 0.25) is 0 Å². The SMILES string of the molecule is COc1ccc(F)cc1COC(=O)c1n[nH]c(=O)c2ccccc12. The topological polar surface area (TPSA) is 81.3 Å². The van der Waals surface area contributed by atoms with Gasteiger partial charge >= 0.3 is 5.97 Å². The lowest BCUT2D eigenvalue weighted by molar-refractivity contribution is 0.0464. The van der Waals surface area contributed by atoms with E-state index in [0.717, 1.165) is 0 Å². The van der Waals surface area contributed by atoms with E-state index in [1.807, 2.05) is 0 Å². The van der Waals surface area contributed by atoms with E-state index in [0.29, 0.717) is 22.1 Å². The molecule has 0 aliphatic rings. The number of H-pyrrole nitrogens is 1. The molecule has 0 spiro atoms. The zero-order chi connectivity index (χ0) is 17.1. The summed E-state index contributed by atoms with van der Waals surface area (Å²) in [6.45, 7) is -0.186. The Morgan fingerprint density at radius 1 is 1.21 bits per heavy atom. The highest BCUT2D eigenvalue weighted by Crippen LogP contribution is 2.21. The molecule has 0 aliphatic heterocycles. The maximum atomic E-state index is 13.3. The Bertz CT molecular complexity index is 968. The lowest BCUT2D eigenvalue weighted by atomic mass is 10.1. The van der Waals surface area contributed by atoms with Gasteiger partial charge in [-0.2, -0.15) is 5.10 Å². The predicted molar refractivity (Wildman–Crippen MR) is 84.4 cm³/mol. The number of rotatable bonds is 4. The minimum absolute atomic E-state index is 0.0134. The fourth-order valence-electron chi connectivity index (χ4n) is 2.34. The highest BCUT2D eigenvalue weighted by atomic mass is 19.1. The third kappa shape index (κ3) is 2.96. The maximum Gasteiger partial charge on any atom is 0.359 e. The molecule has 2 aromatic carbocycles. The highest BCUT2D eigenvalue weighted by Gasteiger charge is 2.16. The number of fused-ring (bicyclic) bond motifs is 1. The number of aromatic amines is 1. The molecule has 1 heterocycles. The summed E-state index contributed by atoms with van der Waals surface area (Å²) >= 11 is 0. The van der Waals surface area contributed by atoms with E-state index in [4.69, 9.17) is 9.47 Å². The van der Waals surface area contributed by atoms with Crippen LogP contribution in [0.4, 0.5) is 4.39 Å². The molecule has 0 amide bonds. The number of aromatic nitrogens is 2. The molecule has 1 aromatic heterocycles. The maximum absolute atomic E-state index is 13.3. The van der Waals surface area contributed by atoms with Gasteiger partial charge in [-0.05, 0) is 24.3 Å². The number of benzene rings is 2. The van der Waals surface area contributed by atoms with Gasteiger partial charge in [0.25, 0.3) is 5.56 Å². The van der Waals surface area contributed by atoms with Crippen LogP contribution in [-0.4, -0.2) is 23.3 Å². The minimum Gasteiger partial charge on any atom is -0.496 e. The normalized spacial score (nSPS) is 10.6. The first-order chi connectivity index (χ1) is 11.6. The average molecular weight is 328 g/mol. The smallest absolute Gasteiger partial charge is 0.359 e. The van der Waals surface area contributed by atoms with Crippen LogP contribution in [0.3, 0.4) is 0 Å². The van der Waals surface area contributed by atoms with E-state index in [9.17, 15) is 14.0 Å². The summed E-state index contributed by atoms with van der Waals surface area (Å²) in [5.74, 6) is -0.785. The molecule has 3 aromatic rings. The first kappa shape index (κ1) is 15.7. The molecule has 0 saturated heterocycles. The summed E-state index contributed by atoms with van der Waals surface area (Å²) in [5, 5.41) is 6.75. The standard InChI is InChI=1S/C17H13FN2O4/c1-23-14-7-6-11(18)8-10(14)9-24-17(22)15-12-4-2-3-5-13(12)16(21)20-19-15/h2-8H,9H2,1H3,(H,20,21). The van der Waals surface area contributed by atoms with Crippen molar-refractivity contribution in [3.8, 4) is 5.75 Å². The zero-order valence-electron chi connectivity index (χ0n) is 12.7. The first-order valence-electron chi connectivity index (χ1n) is 7.07. The number of carbonyl (C=O) groups excluding carboxylic acids is 1. The van der Waals surface area contributed by atoms with Crippen LogP contribution in [0, 0.1) is 5.82 Å². The summed E-state index contributed by atoms with van der Waals surface area (Å²) in [5.41, 5.74) is -0.0194. The summed E-state index contributed by atoms with van der Waals surface area (Å²) in [4.78, 5) is 24.0. The van der Waals surface area contributed by atoms with Crippen molar-refractivity contribution in [2.75, 3.05) is 7.11 Å². The number of hydrogen-bond acceptors (Lipinski definition) is 5. The van der Waals surface area contributed by atoms with E-state index in [1.165, 1.54) is 25.3 Å². The van der Waals surface area contributed by atoms with Crippen molar-refractivity contribution in [2.45, 2.75) is 6.61 Å². The molecule has 0 fully saturated rings. The Kier molecular flexibility index (Phi) is 4.24. The van der Waals surface area contributed by atoms with Crippen molar-refractivity contribution in [3.05, 3.63) is 69.9 Å². The van der Waals surface area contributed by atoms with Crippen LogP contribution >= 0.6 is 0 Å². The highest BCUT2D eigenvalue weighted by molar-refractivity contribution is 6.01. The molecule has 7 heteroatoms. The van der Waals surface area contributed by atoms with E-state index in [-0.39, 0.29) is 12.3 Å². The second-order valence-corrected chi connectivity index (χ2v) is 4.98. The summed E-state index contributed by atoms with van der Waals surface area (Å²) in [7, 11) is 1.44. The quantitative estimate of drug-likeness (QED) is 0.744. The molecular formula is C17H13FN2O4. The fraction of sp³-hybridized carbons (Fsp3) is 0.118. The summed E-state index contributed by atoms with van der Waals surface area (Å²) < 4.78 is 23.6. The molecule has 1 N–H and O–H groups in total. The van der Waals surface area contributed by atoms with Crippen LogP contribution < -0.4 is 10.3 Å². The number of nitrogens with one attached hydrogen (secondary N) is 1. The van der Waals surface area contributed by atoms with Crippen molar-refractivity contribution in [1.82, 2.24) is 10.2 Å². The molecule has 0 bridgehead atoms. The van der Waals surface area contributed by atoms with Gasteiger partial charge in [0.1, 0.15) is 18.2 Å². The fourth-order valence-corrected chi connectivity index (χ4v) is 2.34. The molecule has 0 saturated carbocycles. The largest absolute Gasteiger partial charge is 0.496 e. The lowest BCUT2D eigenvalue weighted by Crippen LogP contribution is -2.16. The Balaban J connectivity index is 1.88. The second-order valence-electron chi connectivity index (χ2n) is 4.98. The minimum atomic E-state index is -0.728. The van der Waals surface area contributed by atoms with E-state index >= 15 is 0 Å². The molecule has 0 aliphatic carbocycles. The number of hydrogen-bond donors (Lipinski definition) is 1. The van der Waals surface area contributed by atoms with Gasteiger partial charge in [-0.1, -0.05) is 18.2 Å². The second kappa shape index (κ2) is 6.49. The zero-order valence-corrected chi connectivity index (χ0v) is 12.7. The lowest BCUT2D eigenvalue weighted by Gasteiger charge is -2.10. The number of esters is 1. The molecule has 0 atom stereocenters. The van der Waals surface area contributed by atoms with Crippen molar-refractivity contribution >= 4 is 16.7 Å². The van der Waals surface area contributed by atoms with Crippen molar-refractivity contribution in [3.63, 3.8) is 0 Å². The summed E-state index contributed by atoms with van der Waals surface area (Å²) in [6.07, 6.45) is 0. The number of halogens is 1. The van der Waals surface area contributed by atoms with Crippen LogP contribution in [0.25, 0.3) is 10.8 Å². The Labute approximate surface area is 135 Å². The Hall–Kier alpha value is -3.22.